The van der Waals surface area contributed by atoms with E-state index in [4.69, 9.17) is 23.2 Å². The number of nitro benzene ring substituents is 1. The van der Waals surface area contributed by atoms with Crippen LogP contribution in [0.25, 0.3) is 0 Å². The molecule has 3 rings (SSSR count). The fourth-order valence-electron chi connectivity index (χ4n) is 2.79. The summed E-state index contributed by atoms with van der Waals surface area (Å²) in [7, 11) is 0. The molecule has 2 atom stereocenters. The number of benzene rings is 2. The molecule has 0 bridgehead atoms. The third kappa shape index (κ3) is 3.73. The normalized spacial score (nSPS) is 19.1. The molecular weight excluding hydrogens is 415 g/mol. The summed E-state index contributed by atoms with van der Waals surface area (Å²) in [6.07, 6.45) is 0. The molecule has 2 aromatic rings. The molecule has 0 unspecified atom stereocenters. The standard InChI is InChI=1S/C17H12Cl2N2O5S/c18-11-4-2-1-3-10(11)16-20(14(8-27-16)17(23)24)15(22)9-5-6-12(19)13(7-9)21(25)26/h1-7,14,16H,8H2,(H,23,24)/t14-,16+/m1/s1. The first-order valence-electron chi connectivity index (χ1n) is 7.66. The van der Waals surface area contributed by atoms with Gasteiger partial charge in [0.1, 0.15) is 16.4 Å². The number of nitrogens with zero attached hydrogens (tertiary/aromatic N) is 2. The van der Waals surface area contributed by atoms with Crippen LogP contribution in [-0.4, -0.2) is 38.6 Å². The van der Waals surface area contributed by atoms with Gasteiger partial charge in [0.05, 0.1) is 4.92 Å². The highest BCUT2D eigenvalue weighted by atomic mass is 35.5. The maximum atomic E-state index is 13.1. The molecule has 0 radical (unpaired) electrons. The van der Waals surface area contributed by atoms with Gasteiger partial charge in [0.2, 0.25) is 0 Å². The Kier molecular flexibility index (Phi) is 5.59. The van der Waals surface area contributed by atoms with Crippen LogP contribution < -0.4 is 0 Å². The van der Waals surface area contributed by atoms with E-state index in [9.17, 15) is 24.8 Å². The maximum absolute atomic E-state index is 13.1. The molecule has 1 N–H and O–H groups in total. The van der Waals surface area contributed by atoms with Gasteiger partial charge in [-0.2, -0.15) is 0 Å². The average Bonchev–Trinajstić information content (AvgIpc) is 3.06. The minimum atomic E-state index is -1.16. The molecule has 1 saturated heterocycles. The molecule has 2 aromatic carbocycles. The van der Waals surface area contributed by atoms with Crippen molar-refractivity contribution in [2.75, 3.05) is 5.75 Å². The molecule has 27 heavy (non-hydrogen) atoms. The number of hydrogen-bond donors (Lipinski definition) is 1. The van der Waals surface area contributed by atoms with Gasteiger partial charge in [-0.15, -0.1) is 11.8 Å². The van der Waals surface area contributed by atoms with E-state index in [1.807, 2.05) is 0 Å². The molecular formula is C17H12Cl2N2O5S. The van der Waals surface area contributed by atoms with Gasteiger partial charge in [0.25, 0.3) is 11.6 Å². The summed E-state index contributed by atoms with van der Waals surface area (Å²) in [5.74, 6) is -1.63. The van der Waals surface area contributed by atoms with E-state index in [1.165, 1.54) is 28.8 Å². The van der Waals surface area contributed by atoms with E-state index < -0.39 is 33.9 Å². The third-order valence-electron chi connectivity index (χ3n) is 4.08. The van der Waals surface area contributed by atoms with Crippen LogP contribution in [0.2, 0.25) is 10.0 Å². The van der Waals surface area contributed by atoms with E-state index in [-0.39, 0.29) is 16.3 Å². The summed E-state index contributed by atoms with van der Waals surface area (Å²) < 4.78 is 0. The highest BCUT2D eigenvalue weighted by Crippen LogP contribution is 2.44. The Hall–Kier alpha value is -2.29. The van der Waals surface area contributed by atoms with Crippen LogP contribution in [0.3, 0.4) is 0 Å². The Morgan fingerprint density at radius 2 is 1.89 bits per heavy atom. The van der Waals surface area contributed by atoms with Crippen molar-refractivity contribution in [3.8, 4) is 0 Å². The lowest BCUT2D eigenvalue weighted by atomic mass is 10.1. The average molecular weight is 427 g/mol. The van der Waals surface area contributed by atoms with Crippen LogP contribution in [0, 0.1) is 10.1 Å². The molecule has 0 spiro atoms. The van der Waals surface area contributed by atoms with Gasteiger partial charge in [0.15, 0.2) is 0 Å². The molecule has 1 aliphatic heterocycles. The molecule has 1 fully saturated rings. The van der Waals surface area contributed by atoms with Crippen LogP contribution in [0.5, 0.6) is 0 Å². The second-order valence-corrected chi connectivity index (χ2v) is 7.62. The lowest BCUT2D eigenvalue weighted by Crippen LogP contribution is -2.43. The van der Waals surface area contributed by atoms with Crippen LogP contribution in [0.15, 0.2) is 42.5 Å². The van der Waals surface area contributed by atoms with Crippen LogP contribution >= 0.6 is 35.0 Å². The number of thioether (sulfide) groups is 1. The molecule has 10 heteroatoms. The van der Waals surface area contributed by atoms with Crippen molar-refractivity contribution in [2.45, 2.75) is 11.4 Å². The Labute approximate surface area is 168 Å². The van der Waals surface area contributed by atoms with Crippen LogP contribution in [0.4, 0.5) is 5.69 Å². The fourth-order valence-corrected chi connectivity index (χ4v) is 4.74. The van der Waals surface area contributed by atoms with Crippen molar-refractivity contribution >= 4 is 52.5 Å². The summed E-state index contributed by atoms with van der Waals surface area (Å²) in [4.78, 5) is 36.4. The predicted octanol–water partition coefficient (Wildman–Crippen LogP) is 4.24. The number of carboxylic acids is 1. The first-order chi connectivity index (χ1) is 12.8. The van der Waals surface area contributed by atoms with E-state index in [1.54, 1.807) is 24.3 Å². The van der Waals surface area contributed by atoms with E-state index in [2.05, 4.69) is 0 Å². The van der Waals surface area contributed by atoms with Crippen LogP contribution in [-0.2, 0) is 4.79 Å². The van der Waals surface area contributed by atoms with E-state index in [0.29, 0.717) is 10.6 Å². The number of aliphatic carboxylic acids is 1. The number of nitro groups is 1. The van der Waals surface area contributed by atoms with Gasteiger partial charge in [-0.05, 0) is 18.2 Å². The maximum Gasteiger partial charge on any atom is 0.327 e. The van der Waals surface area contributed by atoms with E-state index in [0.717, 1.165) is 6.07 Å². The number of hydrogen-bond acceptors (Lipinski definition) is 5. The quantitative estimate of drug-likeness (QED) is 0.579. The van der Waals surface area contributed by atoms with Crippen molar-refractivity contribution in [3.05, 3.63) is 73.8 Å². The minimum absolute atomic E-state index is 0.0168. The zero-order valence-corrected chi connectivity index (χ0v) is 15.9. The Morgan fingerprint density at radius 1 is 1.19 bits per heavy atom. The Bertz CT molecular complexity index is 939. The first-order valence-corrected chi connectivity index (χ1v) is 9.47. The van der Waals surface area contributed by atoms with Crippen molar-refractivity contribution in [2.24, 2.45) is 0 Å². The van der Waals surface area contributed by atoms with Gasteiger partial charge < -0.3 is 10.0 Å². The predicted molar refractivity (Wildman–Crippen MR) is 102 cm³/mol. The largest absolute Gasteiger partial charge is 0.480 e. The second-order valence-electron chi connectivity index (χ2n) is 5.70. The SMILES string of the molecule is O=C(O)[C@H]1CS[C@@H](c2ccccc2Cl)N1C(=O)c1ccc(Cl)c([N+](=O)[O-])c1. The smallest absolute Gasteiger partial charge is 0.327 e. The lowest BCUT2D eigenvalue weighted by Gasteiger charge is -2.28. The molecule has 7 nitrogen and oxygen atoms in total. The molecule has 1 amide bonds. The molecule has 1 heterocycles. The van der Waals surface area contributed by atoms with Crippen molar-refractivity contribution in [3.63, 3.8) is 0 Å². The lowest BCUT2D eigenvalue weighted by molar-refractivity contribution is -0.384. The first kappa shape index (κ1) is 19.5. The van der Waals surface area contributed by atoms with Gasteiger partial charge in [-0.3, -0.25) is 14.9 Å². The number of rotatable bonds is 4. The van der Waals surface area contributed by atoms with Crippen LogP contribution in [0.1, 0.15) is 21.3 Å². The Morgan fingerprint density at radius 3 is 2.52 bits per heavy atom. The van der Waals surface area contributed by atoms with Gasteiger partial charge >= 0.3 is 5.97 Å². The number of carboxylic acid groups (broad SMARTS) is 1. The molecule has 0 aliphatic carbocycles. The van der Waals surface area contributed by atoms with Crippen molar-refractivity contribution in [1.82, 2.24) is 4.90 Å². The highest BCUT2D eigenvalue weighted by Gasteiger charge is 2.43. The summed E-state index contributed by atoms with van der Waals surface area (Å²) in [6, 6.07) is 9.39. The molecule has 140 valence electrons. The summed E-state index contributed by atoms with van der Waals surface area (Å²) in [5.41, 5.74) is 0.164. The zero-order chi connectivity index (χ0) is 19.7. The van der Waals surface area contributed by atoms with Gasteiger partial charge in [-0.25, -0.2) is 4.79 Å². The molecule has 1 aliphatic rings. The second kappa shape index (κ2) is 7.75. The molecule has 0 saturated carbocycles. The van der Waals surface area contributed by atoms with Crippen molar-refractivity contribution in [1.29, 1.82) is 0 Å². The minimum Gasteiger partial charge on any atom is -0.480 e. The number of amides is 1. The monoisotopic (exact) mass is 426 g/mol. The third-order valence-corrected chi connectivity index (χ3v) is 6.05. The number of carbonyl (C=O) groups excluding carboxylic acids is 1. The summed E-state index contributed by atoms with van der Waals surface area (Å²) >= 11 is 13.3. The number of carbonyl (C=O) groups is 2. The van der Waals surface area contributed by atoms with Gasteiger partial charge in [-0.1, -0.05) is 41.4 Å². The zero-order valence-electron chi connectivity index (χ0n) is 13.5. The molecule has 0 aromatic heterocycles. The Balaban J connectivity index is 2.05. The topological polar surface area (TPSA) is 101 Å². The van der Waals surface area contributed by atoms with Gasteiger partial charge in [0, 0.05) is 28.0 Å². The van der Waals surface area contributed by atoms with Crippen molar-refractivity contribution < 1.29 is 19.6 Å². The summed E-state index contributed by atoms with van der Waals surface area (Å²) in [5, 5.41) is 20.3. The van der Waals surface area contributed by atoms with E-state index >= 15 is 0 Å². The number of halogens is 2. The summed E-state index contributed by atoms with van der Waals surface area (Å²) in [6.45, 7) is 0. The highest BCUT2D eigenvalue weighted by molar-refractivity contribution is 7.99. The fraction of sp³-hybridized carbons (Fsp3) is 0.176.